The molecule has 1 saturated heterocycles. The Hall–Kier alpha value is -1.04. The number of rotatable bonds is 2. The number of morpholine rings is 1. The van der Waals surface area contributed by atoms with Gasteiger partial charge in [-0.15, -0.1) is 0 Å². The van der Waals surface area contributed by atoms with E-state index in [1.165, 1.54) is 11.3 Å². The lowest BCUT2D eigenvalue weighted by Crippen LogP contribution is -2.36. The lowest BCUT2D eigenvalue weighted by Gasteiger charge is -2.31. The fourth-order valence-corrected chi connectivity index (χ4v) is 2.45. The van der Waals surface area contributed by atoms with Gasteiger partial charge in [0.05, 0.1) is 19.8 Å². The molecule has 0 aliphatic carbocycles. The zero-order chi connectivity index (χ0) is 12.4. The summed E-state index contributed by atoms with van der Waals surface area (Å²) in [5, 5.41) is 0. The third kappa shape index (κ3) is 2.68. The summed E-state index contributed by atoms with van der Waals surface area (Å²) in [5.41, 5.74) is 2.43. The van der Waals surface area contributed by atoms with Crippen LogP contribution < -0.4 is 0 Å². The van der Waals surface area contributed by atoms with E-state index >= 15 is 0 Å². The molecule has 0 aromatic carbocycles. The summed E-state index contributed by atoms with van der Waals surface area (Å²) in [6, 6.07) is 0. The smallest absolute Gasteiger partial charge is 0.142 e. The number of nitrogens with zero attached hydrogens (tertiary/aromatic N) is 4. The molecule has 0 unspecified atom stereocenters. The molecule has 2 aliphatic rings. The Morgan fingerprint density at radius 1 is 1.28 bits per heavy atom. The van der Waals surface area contributed by atoms with Crippen molar-refractivity contribution in [1.29, 1.82) is 0 Å². The first-order valence-electron chi connectivity index (χ1n) is 6.50. The van der Waals surface area contributed by atoms with E-state index in [1.54, 1.807) is 0 Å². The topological polar surface area (TPSA) is 41.5 Å². The molecule has 0 amide bonds. The van der Waals surface area contributed by atoms with Crippen LogP contribution in [0, 0.1) is 7.05 Å². The van der Waals surface area contributed by atoms with Gasteiger partial charge in [-0.05, 0) is 13.1 Å². The molecule has 5 nitrogen and oxygen atoms in total. The molecule has 1 fully saturated rings. The van der Waals surface area contributed by atoms with Crippen molar-refractivity contribution in [3.63, 3.8) is 0 Å². The fourth-order valence-electron chi connectivity index (χ4n) is 2.45. The number of fused-ring (bicyclic) bond motifs is 1. The number of hydrogen-bond acceptors (Lipinski definition) is 5. The molecule has 3 heterocycles. The highest BCUT2D eigenvalue weighted by atomic mass is 16.5. The summed E-state index contributed by atoms with van der Waals surface area (Å²) in [4.78, 5) is 13.6. The van der Waals surface area contributed by atoms with E-state index < -0.39 is 0 Å². The zero-order valence-electron chi connectivity index (χ0n) is 10.6. The van der Waals surface area contributed by atoms with Gasteiger partial charge in [-0.2, -0.15) is 0 Å². The summed E-state index contributed by atoms with van der Waals surface area (Å²) in [5.74, 6) is 0.938. The summed E-state index contributed by atoms with van der Waals surface area (Å²) >= 11 is 0. The molecule has 2 aliphatic heterocycles. The first-order chi connectivity index (χ1) is 8.81. The van der Waals surface area contributed by atoms with Crippen LogP contribution >= 0.6 is 0 Å². The Morgan fingerprint density at radius 2 is 2.11 bits per heavy atom. The van der Waals surface area contributed by atoms with Crippen LogP contribution in [0.4, 0.5) is 0 Å². The first kappa shape index (κ1) is 12.0. The van der Waals surface area contributed by atoms with Gasteiger partial charge < -0.3 is 9.64 Å². The van der Waals surface area contributed by atoms with Gasteiger partial charge in [0.25, 0.3) is 0 Å². The maximum atomic E-state index is 5.34. The van der Waals surface area contributed by atoms with E-state index in [2.05, 4.69) is 21.8 Å². The Balaban J connectivity index is 1.69. The van der Waals surface area contributed by atoms with Crippen LogP contribution in [-0.4, -0.2) is 52.6 Å². The fraction of sp³-hybridized carbons (Fsp3) is 0.615. The molecule has 3 rings (SSSR count). The van der Waals surface area contributed by atoms with Gasteiger partial charge in [0.1, 0.15) is 5.82 Å². The molecule has 0 N–H and O–H groups in total. The quantitative estimate of drug-likeness (QED) is 0.710. The third-order valence-electron chi connectivity index (χ3n) is 3.53. The molecule has 0 saturated carbocycles. The molecule has 0 atom stereocenters. The lowest BCUT2D eigenvalue weighted by molar-refractivity contribution is 0.0330. The second-order valence-corrected chi connectivity index (χ2v) is 4.95. The van der Waals surface area contributed by atoms with Crippen molar-refractivity contribution >= 4 is 0 Å². The summed E-state index contributed by atoms with van der Waals surface area (Å²) < 4.78 is 5.34. The maximum Gasteiger partial charge on any atom is 0.142 e. The molecule has 5 heteroatoms. The van der Waals surface area contributed by atoms with Crippen LogP contribution in [0.5, 0.6) is 0 Å². The average molecular weight is 247 g/mol. The van der Waals surface area contributed by atoms with Gasteiger partial charge in [-0.25, -0.2) is 9.97 Å². The van der Waals surface area contributed by atoms with Crippen LogP contribution in [0.1, 0.15) is 17.1 Å². The SMILES string of the molecule is [CH2-]N1CCc2nc(CN3CCOCC3)ncc2C1. The van der Waals surface area contributed by atoms with Crippen LogP contribution in [0.2, 0.25) is 0 Å². The maximum absolute atomic E-state index is 5.34. The van der Waals surface area contributed by atoms with Crippen LogP contribution in [0.15, 0.2) is 6.20 Å². The minimum atomic E-state index is 0.821. The van der Waals surface area contributed by atoms with E-state index in [9.17, 15) is 0 Å². The highest BCUT2D eigenvalue weighted by molar-refractivity contribution is 5.20. The largest absolute Gasteiger partial charge is 0.455 e. The molecule has 1 aromatic rings. The first-order valence-corrected chi connectivity index (χ1v) is 6.50. The second-order valence-electron chi connectivity index (χ2n) is 4.95. The van der Waals surface area contributed by atoms with E-state index in [0.717, 1.165) is 58.2 Å². The van der Waals surface area contributed by atoms with E-state index in [4.69, 9.17) is 9.72 Å². The minimum absolute atomic E-state index is 0.821. The summed E-state index contributed by atoms with van der Waals surface area (Å²) in [6.45, 7) is 6.29. The van der Waals surface area contributed by atoms with Crippen LogP contribution in [0.25, 0.3) is 0 Å². The van der Waals surface area contributed by atoms with Crippen molar-refractivity contribution in [1.82, 2.24) is 19.8 Å². The van der Waals surface area contributed by atoms with Gasteiger partial charge in [0, 0.05) is 37.0 Å². The van der Waals surface area contributed by atoms with Crippen molar-refractivity contribution in [2.24, 2.45) is 0 Å². The Kier molecular flexibility index (Phi) is 3.54. The summed E-state index contributed by atoms with van der Waals surface area (Å²) in [6.07, 6.45) is 2.95. The Labute approximate surface area is 108 Å². The van der Waals surface area contributed by atoms with Gasteiger partial charge in [0.15, 0.2) is 0 Å². The summed E-state index contributed by atoms with van der Waals surface area (Å²) in [7, 11) is 3.97. The van der Waals surface area contributed by atoms with E-state index in [0.29, 0.717) is 0 Å². The molecule has 0 bridgehead atoms. The normalized spacial score (nSPS) is 21.8. The molecule has 0 spiro atoms. The van der Waals surface area contributed by atoms with E-state index in [-0.39, 0.29) is 0 Å². The highest BCUT2D eigenvalue weighted by Gasteiger charge is 2.15. The Morgan fingerprint density at radius 3 is 2.94 bits per heavy atom. The molecular formula is C13H19N4O-. The Bertz CT molecular complexity index is 417. The van der Waals surface area contributed by atoms with Crippen molar-refractivity contribution in [2.75, 3.05) is 32.8 Å². The van der Waals surface area contributed by atoms with Crippen LogP contribution in [0.3, 0.4) is 0 Å². The molecule has 98 valence electrons. The van der Waals surface area contributed by atoms with Gasteiger partial charge in [0.2, 0.25) is 0 Å². The van der Waals surface area contributed by atoms with Crippen molar-refractivity contribution in [3.05, 3.63) is 30.3 Å². The van der Waals surface area contributed by atoms with Gasteiger partial charge in [-0.3, -0.25) is 11.9 Å². The molecule has 18 heavy (non-hydrogen) atoms. The number of aromatic nitrogens is 2. The molecule has 0 radical (unpaired) electrons. The monoisotopic (exact) mass is 247 g/mol. The van der Waals surface area contributed by atoms with Gasteiger partial charge >= 0.3 is 0 Å². The lowest BCUT2D eigenvalue weighted by atomic mass is 10.1. The number of ether oxygens (including phenoxy) is 1. The van der Waals surface area contributed by atoms with Crippen molar-refractivity contribution in [3.8, 4) is 0 Å². The van der Waals surface area contributed by atoms with E-state index in [1.807, 2.05) is 6.20 Å². The van der Waals surface area contributed by atoms with Crippen molar-refractivity contribution in [2.45, 2.75) is 19.5 Å². The predicted molar refractivity (Wildman–Crippen MR) is 67.6 cm³/mol. The number of hydrogen-bond donors (Lipinski definition) is 0. The standard InChI is InChI=1S/C13H19N4O/c1-16-3-2-12-11(9-16)8-14-13(15-12)10-17-4-6-18-7-5-17/h8H,1-7,9-10H2/q-1. The predicted octanol–water partition coefficient (Wildman–Crippen LogP) is 0.458. The molecular weight excluding hydrogens is 228 g/mol. The minimum Gasteiger partial charge on any atom is -0.455 e. The zero-order valence-corrected chi connectivity index (χ0v) is 10.6. The van der Waals surface area contributed by atoms with Gasteiger partial charge in [-0.1, -0.05) is 0 Å². The average Bonchev–Trinajstić information content (AvgIpc) is 2.40. The van der Waals surface area contributed by atoms with Crippen LogP contribution in [-0.2, 0) is 24.2 Å². The third-order valence-corrected chi connectivity index (χ3v) is 3.53. The molecule has 1 aromatic heterocycles. The highest BCUT2D eigenvalue weighted by Crippen LogP contribution is 2.16. The van der Waals surface area contributed by atoms with Crippen molar-refractivity contribution < 1.29 is 4.74 Å². The second kappa shape index (κ2) is 5.30.